The fourth-order valence-corrected chi connectivity index (χ4v) is 4.85. The number of rotatable bonds is 7. The average molecular weight is 552 g/mol. The van der Waals surface area contributed by atoms with Crippen LogP contribution in [0, 0.1) is 12.5 Å². The molecular weight excluding hydrogens is 527 g/mol. The van der Waals surface area contributed by atoms with Crippen molar-refractivity contribution in [2.45, 2.75) is 69.8 Å². The van der Waals surface area contributed by atoms with Crippen molar-refractivity contribution in [3.63, 3.8) is 0 Å². The summed E-state index contributed by atoms with van der Waals surface area (Å²) in [5, 5.41) is 0.808. The van der Waals surface area contributed by atoms with Crippen LogP contribution in [0.15, 0.2) is 36.4 Å². The first-order chi connectivity index (χ1) is 17.6. The molecule has 0 bridgehead atoms. The molecule has 38 heavy (non-hydrogen) atoms. The molecule has 1 unspecified atom stereocenters. The third kappa shape index (κ3) is 7.34. The molecule has 1 saturated carbocycles. The molecule has 0 saturated heterocycles. The first kappa shape index (κ1) is 29.6. The molecule has 1 aliphatic rings. The van der Waals surface area contributed by atoms with Crippen LogP contribution in [-0.2, 0) is 36.4 Å². The van der Waals surface area contributed by atoms with Crippen molar-refractivity contribution in [3.8, 4) is 0 Å². The number of benzene rings is 2. The third-order valence-corrected chi connectivity index (χ3v) is 6.62. The van der Waals surface area contributed by atoms with E-state index in [4.69, 9.17) is 11.3 Å². The monoisotopic (exact) mass is 552 g/mol. The number of halogens is 9. The van der Waals surface area contributed by atoms with E-state index < -0.39 is 60.0 Å². The second-order valence-electron chi connectivity index (χ2n) is 9.30. The van der Waals surface area contributed by atoms with Gasteiger partial charge in [0.25, 0.3) is 0 Å². The normalized spacial score (nSPS) is 16.2. The van der Waals surface area contributed by atoms with Gasteiger partial charge in [-0.25, -0.2) is 0 Å². The fourth-order valence-electron chi connectivity index (χ4n) is 4.85. The smallest absolute Gasteiger partial charge is 0.376 e. The third-order valence-electron chi connectivity index (χ3n) is 6.62. The standard InChI is InChI=1S/C26H25F9N2O/c1-36-37(14-16-10-20(25(30,31)32)13-21(11-16)26(33,34)35)15-18-12-19(24(27,28)29)8-9-22(18)23(38-2)17-6-4-3-5-7-17/h8-13,17,23H,3-7,14-15H2,2H3. The Hall–Kier alpha value is -2.94. The van der Waals surface area contributed by atoms with E-state index in [1.54, 1.807) is 0 Å². The molecule has 1 fully saturated rings. The maximum absolute atomic E-state index is 13.5. The number of hydrogen-bond acceptors (Lipinski definition) is 2. The molecule has 12 heteroatoms. The van der Waals surface area contributed by atoms with Gasteiger partial charge in [-0.05, 0) is 65.8 Å². The van der Waals surface area contributed by atoms with Crippen LogP contribution in [0.25, 0.3) is 4.95 Å². The van der Waals surface area contributed by atoms with Crippen LogP contribution in [0.1, 0.15) is 71.6 Å². The fraction of sp³-hybridized carbons (Fsp3) is 0.500. The Labute approximate surface area is 214 Å². The SMILES string of the molecule is [C-]#[N+]N(Cc1cc(C(F)(F)F)cc(C(F)(F)F)c1)Cc1cc(C(F)(F)F)ccc1C(OC)C1CCCCC1. The lowest BCUT2D eigenvalue weighted by Gasteiger charge is -2.31. The van der Waals surface area contributed by atoms with E-state index in [-0.39, 0.29) is 17.5 Å². The van der Waals surface area contributed by atoms with Crippen LogP contribution in [0.4, 0.5) is 39.5 Å². The second-order valence-corrected chi connectivity index (χ2v) is 9.30. The summed E-state index contributed by atoms with van der Waals surface area (Å²) in [7, 11) is 1.43. The molecule has 0 spiro atoms. The lowest BCUT2D eigenvalue weighted by molar-refractivity contribution is -0.143. The second kappa shape index (κ2) is 11.4. The Morgan fingerprint density at radius 2 is 1.37 bits per heavy atom. The molecule has 0 aliphatic heterocycles. The Kier molecular flexibility index (Phi) is 8.91. The summed E-state index contributed by atoms with van der Waals surface area (Å²) >= 11 is 0. The highest BCUT2D eigenvalue weighted by Gasteiger charge is 2.38. The molecule has 2 aromatic carbocycles. The van der Waals surface area contributed by atoms with Gasteiger partial charge in [0, 0.05) is 7.11 Å². The number of alkyl halides is 9. The summed E-state index contributed by atoms with van der Waals surface area (Å²) < 4.78 is 126. The van der Waals surface area contributed by atoms with Gasteiger partial charge in [0.2, 0.25) is 0 Å². The molecule has 208 valence electrons. The number of hydrogen-bond donors (Lipinski definition) is 0. The van der Waals surface area contributed by atoms with Crippen molar-refractivity contribution in [3.05, 3.63) is 81.3 Å². The Bertz CT molecular complexity index is 1110. The maximum atomic E-state index is 13.5. The minimum Gasteiger partial charge on any atom is -0.376 e. The zero-order chi connectivity index (χ0) is 28.3. The van der Waals surface area contributed by atoms with Crippen LogP contribution >= 0.6 is 0 Å². The number of methoxy groups -OCH3 is 1. The highest BCUT2D eigenvalue weighted by molar-refractivity contribution is 5.37. The van der Waals surface area contributed by atoms with Gasteiger partial charge in [-0.3, -0.25) is 0 Å². The highest BCUT2D eigenvalue weighted by Crippen LogP contribution is 2.41. The minimum atomic E-state index is -5.07. The molecule has 3 rings (SSSR count). The van der Waals surface area contributed by atoms with Crippen molar-refractivity contribution >= 4 is 0 Å². The van der Waals surface area contributed by atoms with E-state index in [0.29, 0.717) is 17.7 Å². The summed E-state index contributed by atoms with van der Waals surface area (Å²) in [5.41, 5.74) is -4.05. The summed E-state index contributed by atoms with van der Waals surface area (Å²) in [4.78, 5) is 3.19. The van der Waals surface area contributed by atoms with Crippen LogP contribution in [-0.4, -0.2) is 12.1 Å². The van der Waals surface area contributed by atoms with Gasteiger partial charge in [0.05, 0.1) is 22.8 Å². The summed E-state index contributed by atoms with van der Waals surface area (Å²) in [6.45, 7) is 6.32. The van der Waals surface area contributed by atoms with E-state index in [1.165, 1.54) is 13.2 Å². The van der Waals surface area contributed by atoms with Crippen molar-refractivity contribution in [1.29, 1.82) is 0 Å². The van der Waals surface area contributed by atoms with Gasteiger partial charge in [-0.15, -0.1) is 5.01 Å². The molecule has 0 radical (unpaired) electrons. The van der Waals surface area contributed by atoms with Crippen LogP contribution in [0.5, 0.6) is 0 Å². The molecule has 1 atom stereocenters. The first-order valence-corrected chi connectivity index (χ1v) is 11.8. The van der Waals surface area contributed by atoms with Crippen LogP contribution in [0.2, 0.25) is 0 Å². The summed E-state index contributed by atoms with van der Waals surface area (Å²) in [6.07, 6.45) is -11.0. The van der Waals surface area contributed by atoms with Crippen molar-refractivity contribution in [2.75, 3.05) is 7.11 Å². The predicted octanol–water partition coefficient (Wildman–Crippen LogP) is 8.85. The molecule has 3 nitrogen and oxygen atoms in total. The highest BCUT2D eigenvalue weighted by atomic mass is 19.4. The minimum absolute atomic E-state index is 0.0171. The first-order valence-electron chi connectivity index (χ1n) is 11.8. The lowest BCUT2D eigenvalue weighted by Crippen LogP contribution is -2.22. The molecule has 2 aromatic rings. The van der Waals surface area contributed by atoms with Gasteiger partial charge in [0.1, 0.15) is 13.1 Å². The van der Waals surface area contributed by atoms with Gasteiger partial charge in [-0.1, -0.05) is 25.3 Å². The van der Waals surface area contributed by atoms with E-state index in [0.717, 1.165) is 49.2 Å². The van der Waals surface area contributed by atoms with Crippen molar-refractivity contribution in [2.24, 2.45) is 5.92 Å². The summed E-state index contributed by atoms with van der Waals surface area (Å²) in [6, 6.07) is 4.01. The maximum Gasteiger partial charge on any atom is 0.416 e. The number of nitrogens with zero attached hydrogens (tertiary/aromatic N) is 2. The molecule has 1 aliphatic carbocycles. The van der Waals surface area contributed by atoms with E-state index >= 15 is 0 Å². The number of ether oxygens (including phenoxy) is 1. The molecule has 0 amide bonds. The zero-order valence-electron chi connectivity index (χ0n) is 20.3. The van der Waals surface area contributed by atoms with Crippen molar-refractivity contribution in [1.82, 2.24) is 5.01 Å². The van der Waals surface area contributed by atoms with Crippen LogP contribution < -0.4 is 0 Å². The van der Waals surface area contributed by atoms with Gasteiger partial charge >= 0.3 is 18.5 Å². The van der Waals surface area contributed by atoms with E-state index in [9.17, 15) is 39.5 Å². The molecule has 0 N–H and O–H groups in total. The Balaban J connectivity index is 2.00. The van der Waals surface area contributed by atoms with E-state index in [2.05, 4.69) is 4.95 Å². The Morgan fingerprint density at radius 1 is 0.816 bits per heavy atom. The van der Waals surface area contributed by atoms with E-state index in [1.807, 2.05) is 0 Å². The lowest BCUT2D eigenvalue weighted by atomic mass is 9.81. The quantitative estimate of drug-likeness (QED) is 0.194. The average Bonchev–Trinajstić information content (AvgIpc) is 2.83. The molecular formula is C26H25F9N2O. The molecule has 0 heterocycles. The van der Waals surface area contributed by atoms with Gasteiger partial charge in [-0.2, -0.15) is 51.0 Å². The predicted molar refractivity (Wildman–Crippen MR) is 120 cm³/mol. The Morgan fingerprint density at radius 3 is 1.84 bits per heavy atom. The van der Waals surface area contributed by atoms with Crippen molar-refractivity contribution < 1.29 is 44.3 Å². The summed E-state index contributed by atoms with van der Waals surface area (Å²) in [5.74, 6) is 0.0171. The zero-order valence-corrected chi connectivity index (χ0v) is 20.3. The topological polar surface area (TPSA) is 16.8 Å². The van der Waals surface area contributed by atoms with Gasteiger partial charge < -0.3 is 4.74 Å². The largest absolute Gasteiger partial charge is 0.416 e. The molecule has 0 aromatic heterocycles. The van der Waals surface area contributed by atoms with Crippen LogP contribution in [0.3, 0.4) is 0 Å². The van der Waals surface area contributed by atoms with Gasteiger partial charge in [0.15, 0.2) is 0 Å².